The second kappa shape index (κ2) is 12.0. The quantitative estimate of drug-likeness (QED) is 0.508. The number of amides is 1. The van der Waals surface area contributed by atoms with E-state index in [4.69, 9.17) is 5.73 Å². The van der Waals surface area contributed by atoms with Crippen LogP contribution >= 0.6 is 0 Å². The Morgan fingerprint density at radius 2 is 1.85 bits per heavy atom. The van der Waals surface area contributed by atoms with E-state index in [1.54, 1.807) is 12.1 Å². The van der Waals surface area contributed by atoms with E-state index in [1.807, 2.05) is 32.0 Å². The highest BCUT2D eigenvalue weighted by Gasteiger charge is 2.44. The fourth-order valence-corrected chi connectivity index (χ4v) is 5.09. The lowest BCUT2D eigenvalue weighted by Crippen LogP contribution is -2.57. The highest BCUT2D eigenvalue weighted by molar-refractivity contribution is 5.81. The van der Waals surface area contributed by atoms with Gasteiger partial charge in [0, 0.05) is 36.7 Å². The van der Waals surface area contributed by atoms with Crippen LogP contribution in [0.5, 0.6) is 5.75 Å². The number of rotatable bonds is 8. The van der Waals surface area contributed by atoms with Crippen LogP contribution in [0.1, 0.15) is 53.4 Å². The number of phenolic OH excluding ortho intramolecular Hbond substituents is 1. The number of para-hydroxylation sites is 1. The Morgan fingerprint density at radius 1 is 1.18 bits per heavy atom. The first-order chi connectivity index (χ1) is 16.5. The molecule has 3 unspecified atom stereocenters. The van der Waals surface area contributed by atoms with Gasteiger partial charge >= 0.3 is 0 Å². The summed E-state index contributed by atoms with van der Waals surface area (Å²) >= 11 is 0. The molecule has 186 valence electrons. The zero-order chi connectivity index (χ0) is 24.7. The minimum atomic E-state index is 0.0732. The SMILES string of the molecule is CC.CCNCCC(CC)C(=O)N1C2CCC1CN(c1cc(-c3ccccc3O)nnc1N)C2. The average molecular weight is 469 g/mol. The number of nitrogens with one attached hydrogen (secondary N) is 1. The van der Waals surface area contributed by atoms with Gasteiger partial charge in [-0.1, -0.05) is 39.8 Å². The summed E-state index contributed by atoms with van der Waals surface area (Å²) in [5.74, 6) is 0.911. The monoisotopic (exact) mass is 468 g/mol. The molecule has 8 heteroatoms. The standard InChI is InChI=1S/C24H34N6O2.C2H6/c1-3-16(11-12-26-4-2)24(32)30-17-9-10-18(30)15-29(14-17)21-13-20(27-28-23(21)25)19-7-5-6-8-22(19)31;1-2/h5-8,13,16-18,26,31H,3-4,9-12,14-15H2,1-2H3,(H2,25,28);1-2H3. The molecule has 0 spiro atoms. The number of anilines is 2. The van der Waals surface area contributed by atoms with Crippen molar-refractivity contribution in [3.8, 4) is 17.0 Å². The second-order valence-electron chi connectivity index (χ2n) is 8.80. The molecule has 4 rings (SSSR count). The summed E-state index contributed by atoms with van der Waals surface area (Å²) in [6.07, 6.45) is 3.78. The number of carbonyl (C=O) groups is 1. The first-order valence-electron chi connectivity index (χ1n) is 12.7. The second-order valence-corrected chi connectivity index (χ2v) is 8.80. The predicted octanol–water partition coefficient (Wildman–Crippen LogP) is 3.66. The van der Waals surface area contributed by atoms with Crippen molar-refractivity contribution in [2.24, 2.45) is 5.92 Å². The van der Waals surface area contributed by atoms with Gasteiger partial charge in [-0.25, -0.2) is 0 Å². The first kappa shape index (κ1) is 25.7. The van der Waals surface area contributed by atoms with E-state index in [0.29, 0.717) is 23.0 Å². The van der Waals surface area contributed by atoms with Crippen molar-refractivity contribution < 1.29 is 9.90 Å². The summed E-state index contributed by atoms with van der Waals surface area (Å²) in [6.45, 7) is 11.5. The van der Waals surface area contributed by atoms with E-state index in [1.165, 1.54) is 0 Å². The zero-order valence-corrected chi connectivity index (χ0v) is 21.0. The van der Waals surface area contributed by atoms with Crippen LogP contribution in [0.15, 0.2) is 30.3 Å². The molecule has 4 N–H and O–H groups in total. The van der Waals surface area contributed by atoms with Crippen LogP contribution in [-0.4, -0.2) is 64.4 Å². The number of nitrogens with zero attached hydrogens (tertiary/aromatic N) is 4. The molecule has 1 aromatic heterocycles. The van der Waals surface area contributed by atoms with Gasteiger partial charge in [-0.3, -0.25) is 4.79 Å². The number of piperazine rings is 1. The van der Waals surface area contributed by atoms with Crippen LogP contribution in [0.3, 0.4) is 0 Å². The van der Waals surface area contributed by atoms with Crippen LogP contribution in [0.4, 0.5) is 11.5 Å². The van der Waals surface area contributed by atoms with Gasteiger partial charge in [0.1, 0.15) is 5.75 Å². The van der Waals surface area contributed by atoms with Crippen molar-refractivity contribution >= 4 is 17.4 Å². The highest BCUT2D eigenvalue weighted by Crippen LogP contribution is 2.37. The predicted molar refractivity (Wildman–Crippen MR) is 138 cm³/mol. The van der Waals surface area contributed by atoms with Crippen LogP contribution in [0, 0.1) is 5.92 Å². The highest BCUT2D eigenvalue weighted by atomic mass is 16.3. The topological polar surface area (TPSA) is 108 Å². The molecule has 34 heavy (non-hydrogen) atoms. The van der Waals surface area contributed by atoms with Crippen molar-refractivity contribution in [2.75, 3.05) is 36.8 Å². The number of fused-ring (bicyclic) bond motifs is 2. The Bertz CT molecular complexity index is 939. The number of hydrogen-bond acceptors (Lipinski definition) is 7. The third kappa shape index (κ3) is 5.43. The van der Waals surface area contributed by atoms with Crippen LogP contribution in [0.2, 0.25) is 0 Å². The molecule has 3 heterocycles. The molecule has 1 amide bonds. The third-order valence-corrected chi connectivity index (χ3v) is 6.82. The Hall–Kier alpha value is -2.87. The van der Waals surface area contributed by atoms with E-state index in [9.17, 15) is 9.90 Å². The van der Waals surface area contributed by atoms with E-state index >= 15 is 0 Å². The van der Waals surface area contributed by atoms with E-state index in [-0.39, 0.29) is 23.8 Å². The van der Waals surface area contributed by atoms with Crippen molar-refractivity contribution in [3.05, 3.63) is 30.3 Å². The van der Waals surface area contributed by atoms with E-state index in [2.05, 4.69) is 39.2 Å². The Morgan fingerprint density at radius 3 is 2.47 bits per heavy atom. The lowest BCUT2D eigenvalue weighted by Gasteiger charge is -2.43. The lowest BCUT2D eigenvalue weighted by molar-refractivity contribution is -0.139. The number of benzene rings is 1. The fourth-order valence-electron chi connectivity index (χ4n) is 5.09. The van der Waals surface area contributed by atoms with Gasteiger partial charge in [-0.05, 0) is 57.0 Å². The maximum absolute atomic E-state index is 13.4. The number of hydrogen-bond donors (Lipinski definition) is 3. The number of nitrogens with two attached hydrogens (primary N) is 1. The molecule has 0 saturated carbocycles. The van der Waals surface area contributed by atoms with E-state index < -0.39 is 0 Å². The molecular weight excluding hydrogens is 428 g/mol. The number of carbonyl (C=O) groups excluding carboxylic acids is 1. The minimum Gasteiger partial charge on any atom is -0.507 e. The Balaban J connectivity index is 0.00000158. The molecule has 2 fully saturated rings. The molecule has 2 aliphatic rings. The molecule has 2 aliphatic heterocycles. The molecule has 0 radical (unpaired) electrons. The molecule has 2 saturated heterocycles. The number of nitrogen functional groups attached to an aromatic ring is 1. The summed E-state index contributed by atoms with van der Waals surface area (Å²) in [5.41, 5.74) is 8.26. The number of phenols is 1. The van der Waals surface area contributed by atoms with Gasteiger partial charge < -0.3 is 26.0 Å². The summed E-state index contributed by atoms with van der Waals surface area (Å²) in [7, 11) is 0. The molecule has 8 nitrogen and oxygen atoms in total. The largest absolute Gasteiger partial charge is 0.507 e. The van der Waals surface area contributed by atoms with Crippen molar-refractivity contribution in [1.82, 2.24) is 20.4 Å². The fraction of sp³-hybridized carbons (Fsp3) is 0.577. The van der Waals surface area contributed by atoms with Crippen molar-refractivity contribution in [2.45, 2.75) is 65.5 Å². The van der Waals surface area contributed by atoms with Gasteiger partial charge in [0.05, 0.1) is 11.4 Å². The number of aromatic nitrogens is 2. The lowest BCUT2D eigenvalue weighted by atomic mass is 9.98. The minimum absolute atomic E-state index is 0.0732. The van der Waals surface area contributed by atoms with Gasteiger partial charge in [0.15, 0.2) is 5.82 Å². The van der Waals surface area contributed by atoms with Gasteiger partial charge in [-0.2, -0.15) is 0 Å². The van der Waals surface area contributed by atoms with Crippen LogP contribution < -0.4 is 16.0 Å². The third-order valence-electron chi connectivity index (χ3n) is 6.82. The summed E-state index contributed by atoms with van der Waals surface area (Å²) in [6, 6.07) is 9.37. The Kier molecular flexibility index (Phi) is 9.10. The zero-order valence-electron chi connectivity index (χ0n) is 21.0. The maximum Gasteiger partial charge on any atom is 0.226 e. The normalized spacial score (nSPS) is 20.0. The summed E-state index contributed by atoms with van der Waals surface area (Å²) in [4.78, 5) is 17.8. The van der Waals surface area contributed by atoms with Crippen LogP contribution in [-0.2, 0) is 4.79 Å². The first-order valence-corrected chi connectivity index (χ1v) is 12.7. The average Bonchev–Trinajstić information content (AvgIpc) is 3.12. The molecule has 3 atom stereocenters. The van der Waals surface area contributed by atoms with Gasteiger partial charge in [0.25, 0.3) is 0 Å². The van der Waals surface area contributed by atoms with Gasteiger partial charge in [0.2, 0.25) is 5.91 Å². The smallest absolute Gasteiger partial charge is 0.226 e. The molecule has 0 aliphatic carbocycles. The molecule has 1 aromatic carbocycles. The van der Waals surface area contributed by atoms with Gasteiger partial charge in [-0.15, -0.1) is 10.2 Å². The number of aromatic hydroxyl groups is 1. The molecule has 2 aromatic rings. The summed E-state index contributed by atoms with van der Waals surface area (Å²) < 4.78 is 0. The summed E-state index contributed by atoms with van der Waals surface area (Å²) in [5, 5.41) is 21.9. The van der Waals surface area contributed by atoms with Crippen molar-refractivity contribution in [1.29, 1.82) is 0 Å². The molecule has 2 bridgehead atoms. The van der Waals surface area contributed by atoms with Crippen molar-refractivity contribution in [3.63, 3.8) is 0 Å². The Labute approximate surface area is 203 Å². The van der Waals surface area contributed by atoms with E-state index in [0.717, 1.165) is 57.5 Å². The maximum atomic E-state index is 13.4. The molecular formula is C26H40N6O2. The van der Waals surface area contributed by atoms with Crippen LogP contribution in [0.25, 0.3) is 11.3 Å².